The molecule has 0 aliphatic carbocycles. The molecule has 1 rings (SSSR count). The van der Waals surface area contributed by atoms with E-state index in [-0.39, 0.29) is 5.82 Å². The molecule has 11 heavy (non-hydrogen) atoms. The minimum atomic E-state index is -0.463. The molecule has 0 saturated heterocycles. The highest BCUT2D eigenvalue weighted by Gasteiger charge is 2.16. The molecule has 5 heteroatoms. The fraction of sp³-hybridized carbons (Fsp3) is 0.333. The van der Waals surface area contributed by atoms with Crippen molar-refractivity contribution in [2.75, 3.05) is 7.11 Å². The van der Waals surface area contributed by atoms with Gasteiger partial charge in [-0.1, -0.05) is 9.97 Å². The Morgan fingerprint density at radius 2 is 2.45 bits per heavy atom. The van der Waals surface area contributed by atoms with Gasteiger partial charge >= 0.3 is 11.8 Å². The monoisotopic (exact) mass is 154 g/mol. The number of methoxy groups -OCH3 is 1. The molecule has 0 spiro atoms. The van der Waals surface area contributed by atoms with Gasteiger partial charge in [0, 0.05) is 0 Å². The third kappa shape index (κ3) is 1.49. The number of ether oxygens (including phenoxy) is 1. The average Bonchev–Trinajstić information content (AvgIpc) is 2.04. The van der Waals surface area contributed by atoms with Crippen molar-refractivity contribution in [3.63, 3.8) is 0 Å². The van der Waals surface area contributed by atoms with Crippen molar-refractivity contribution < 1.29 is 14.1 Å². The van der Waals surface area contributed by atoms with Crippen LogP contribution < -0.4 is 4.57 Å². The van der Waals surface area contributed by atoms with Crippen LogP contribution in [0, 0.1) is 0 Å². The molecule has 58 valence electrons. The van der Waals surface area contributed by atoms with Gasteiger partial charge in [0.05, 0.1) is 14.2 Å². The normalized spacial score (nSPS) is 9.27. The second kappa shape index (κ2) is 3.05. The van der Waals surface area contributed by atoms with Crippen LogP contribution in [0.15, 0.2) is 12.7 Å². The van der Waals surface area contributed by atoms with Gasteiger partial charge in [-0.15, -0.1) is 0 Å². The van der Waals surface area contributed by atoms with Crippen LogP contribution in [0.5, 0.6) is 0 Å². The van der Waals surface area contributed by atoms with Crippen molar-refractivity contribution in [3.05, 3.63) is 18.5 Å². The molecule has 0 unspecified atom stereocenters. The van der Waals surface area contributed by atoms with Crippen LogP contribution >= 0.6 is 0 Å². The lowest BCUT2D eigenvalue weighted by molar-refractivity contribution is -0.680. The van der Waals surface area contributed by atoms with E-state index >= 15 is 0 Å². The molecular formula is C6H8N3O2+. The summed E-state index contributed by atoms with van der Waals surface area (Å²) in [5.41, 5.74) is 0. The highest BCUT2D eigenvalue weighted by molar-refractivity contribution is 5.83. The zero-order valence-corrected chi connectivity index (χ0v) is 6.31. The van der Waals surface area contributed by atoms with Gasteiger partial charge in [0.2, 0.25) is 6.33 Å². The van der Waals surface area contributed by atoms with Gasteiger partial charge < -0.3 is 4.74 Å². The summed E-state index contributed by atoms with van der Waals surface area (Å²) in [4.78, 5) is 18.3. The second-order valence-electron chi connectivity index (χ2n) is 1.94. The molecule has 0 aliphatic rings. The lowest BCUT2D eigenvalue weighted by Gasteiger charge is -1.94. The number of carbonyl (C=O) groups excluding carboxylic acids is 1. The Balaban J connectivity index is 3.03. The molecule has 0 aromatic carbocycles. The number of hydrogen-bond acceptors (Lipinski definition) is 4. The Morgan fingerprint density at radius 3 is 3.00 bits per heavy atom. The number of nitrogens with zero attached hydrogens (tertiary/aromatic N) is 3. The quantitative estimate of drug-likeness (QED) is 0.388. The maximum atomic E-state index is 10.9. The Kier molecular flexibility index (Phi) is 2.10. The summed E-state index contributed by atoms with van der Waals surface area (Å²) in [6, 6.07) is 0. The fourth-order valence-electron chi connectivity index (χ4n) is 0.652. The Bertz CT molecular complexity index is 274. The molecule has 0 bridgehead atoms. The van der Waals surface area contributed by atoms with Gasteiger partial charge in [-0.05, 0) is 0 Å². The third-order valence-electron chi connectivity index (χ3n) is 1.19. The van der Waals surface area contributed by atoms with Gasteiger partial charge in [0.25, 0.3) is 6.33 Å². The predicted molar refractivity (Wildman–Crippen MR) is 34.5 cm³/mol. The summed E-state index contributed by atoms with van der Waals surface area (Å²) in [5, 5.41) is 0. The van der Waals surface area contributed by atoms with Crippen LogP contribution in [0.25, 0.3) is 0 Å². The van der Waals surface area contributed by atoms with Crippen molar-refractivity contribution in [2.24, 2.45) is 7.05 Å². The van der Waals surface area contributed by atoms with E-state index in [4.69, 9.17) is 0 Å². The van der Waals surface area contributed by atoms with E-state index in [1.54, 1.807) is 7.05 Å². The molecule has 0 N–H and O–H groups in total. The van der Waals surface area contributed by atoms with Crippen molar-refractivity contribution >= 4 is 5.97 Å². The van der Waals surface area contributed by atoms with Crippen molar-refractivity contribution in [2.45, 2.75) is 0 Å². The average molecular weight is 154 g/mol. The van der Waals surface area contributed by atoms with E-state index in [1.807, 2.05) is 0 Å². The first-order valence-electron chi connectivity index (χ1n) is 2.99. The first-order chi connectivity index (χ1) is 5.25. The van der Waals surface area contributed by atoms with E-state index < -0.39 is 5.97 Å². The molecule has 0 fully saturated rings. The lowest BCUT2D eigenvalue weighted by Crippen LogP contribution is -2.38. The third-order valence-corrected chi connectivity index (χ3v) is 1.19. The predicted octanol–water partition coefficient (Wildman–Crippen LogP) is -0.912. The highest BCUT2D eigenvalue weighted by Crippen LogP contribution is 1.84. The lowest BCUT2D eigenvalue weighted by atomic mass is 10.6. The fourth-order valence-corrected chi connectivity index (χ4v) is 0.652. The SMILES string of the molecule is COC(=O)c1ncnc[n+]1C. The molecule has 0 atom stereocenters. The highest BCUT2D eigenvalue weighted by atomic mass is 16.5. The summed E-state index contributed by atoms with van der Waals surface area (Å²) in [6.07, 6.45) is 2.78. The first kappa shape index (κ1) is 7.59. The molecule has 0 radical (unpaired) electrons. The second-order valence-corrected chi connectivity index (χ2v) is 1.94. The van der Waals surface area contributed by atoms with Gasteiger partial charge in [-0.3, -0.25) is 0 Å². The summed E-state index contributed by atoms with van der Waals surface area (Å²) in [5.74, 6) is -0.225. The molecule has 1 heterocycles. The van der Waals surface area contributed by atoms with Crippen molar-refractivity contribution in [1.29, 1.82) is 0 Å². The Labute approximate surface area is 63.7 Å². The van der Waals surface area contributed by atoms with E-state index in [2.05, 4.69) is 14.7 Å². The maximum absolute atomic E-state index is 10.9. The van der Waals surface area contributed by atoms with Crippen LogP contribution in [0.3, 0.4) is 0 Å². The number of aromatic nitrogens is 3. The molecule has 0 aliphatic heterocycles. The van der Waals surface area contributed by atoms with E-state index in [0.29, 0.717) is 0 Å². The number of hydrogen-bond donors (Lipinski definition) is 0. The number of esters is 1. The van der Waals surface area contributed by atoms with Crippen LogP contribution in [0.2, 0.25) is 0 Å². The van der Waals surface area contributed by atoms with Crippen LogP contribution in [0.1, 0.15) is 10.6 Å². The summed E-state index contributed by atoms with van der Waals surface area (Å²) >= 11 is 0. The molecule has 1 aromatic heterocycles. The molecule has 5 nitrogen and oxygen atoms in total. The number of carbonyl (C=O) groups is 1. The summed E-state index contributed by atoms with van der Waals surface area (Å²) in [7, 11) is 2.98. The van der Waals surface area contributed by atoms with Crippen LogP contribution in [-0.4, -0.2) is 23.0 Å². The molecule has 0 saturated carbocycles. The molecule has 1 aromatic rings. The zero-order valence-electron chi connectivity index (χ0n) is 6.31. The van der Waals surface area contributed by atoms with Gasteiger partial charge in [-0.25, -0.2) is 9.36 Å². The van der Waals surface area contributed by atoms with E-state index in [9.17, 15) is 4.79 Å². The molecular weight excluding hydrogens is 146 g/mol. The largest absolute Gasteiger partial charge is 0.461 e. The van der Waals surface area contributed by atoms with Crippen molar-refractivity contribution in [3.8, 4) is 0 Å². The van der Waals surface area contributed by atoms with Gasteiger partial charge in [0.15, 0.2) is 0 Å². The van der Waals surface area contributed by atoms with E-state index in [0.717, 1.165) is 0 Å². The smallest absolute Gasteiger partial charge is 0.408 e. The van der Waals surface area contributed by atoms with Gasteiger partial charge in [0.1, 0.15) is 0 Å². The maximum Gasteiger partial charge on any atom is 0.408 e. The number of aryl methyl sites for hydroxylation is 1. The number of rotatable bonds is 1. The Hall–Kier alpha value is -1.52. The topological polar surface area (TPSA) is 56.0 Å². The van der Waals surface area contributed by atoms with Crippen LogP contribution in [-0.2, 0) is 11.8 Å². The van der Waals surface area contributed by atoms with Crippen LogP contribution in [0.4, 0.5) is 0 Å². The first-order valence-corrected chi connectivity index (χ1v) is 2.99. The summed E-state index contributed by atoms with van der Waals surface area (Å²) < 4.78 is 5.96. The standard InChI is InChI=1S/C6H8N3O2/c1-9-4-7-3-8-5(9)6(10)11-2/h3-4H,1-2H3/q+1. The zero-order chi connectivity index (χ0) is 8.27. The van der Waals surface area contributed by atoms with E-state index in [1.165, 1.54) is 24.3 Å². The van der Waals surface area contributed by atoms with Crippen molar-refractivity contribution in [1.82, 2.24) is 9.97 Å². The van der Waals surface area contributed by atoms with Gasteiger partial charge in [-0.2, -0.15) is 0 Å². The molecule has 0 amide bonds. The minimum absolute atomic E-state index is 0.238. The summed E-state index contributed by atoms with van der Waals surface area (Å²) in [6.45, 7) is 0. The minimum Gasteiger partial charge on any atom is -0.461 e. The Morgan fingerprint density at radius 1 is 1.73 bits per heavy atom.